The zero-order valence-corrected chi connectivity index (χ0v) is 24.0. The lowest BCUT2D eigenvalue weighted by Gasteiger charge is -2.70. The van der Waals surface area contributed by atoms with Gasteiger partial charge in [0.15, 0.2) is 5.76 Å². The van der Waals surface area contributed by atoms with E-state index in [2.05, 4.69) is 39.8 Å². The predicted molar refractivity (Wildman–Crippen MR) is 144 cm³/mol. The highest BCUT2D eigenvalue weighted by atomic mass is 16.7. The van der Waals surface area contributed by atoms with Crippen LogP contribution in [0.25, 0.3) is 0 Å². The normalized spacial score (nSPS) is 41.9. The number of carbonyl (C=O) groups excluding carboxylic acids is 2. The molecular formula is C32H42O6. The number of hydrogen-bond donors (Lipinski definition) is 1. The monoisotopic (exact) mass is 522 g/mol. The lowest BCUT2D eigenvalue weighted by atomic mass is 9.34. The van der Waals surface area contributed by atoms with Gasteiger partial charge in [-0.1, -0.05) is 45.4 Å². The summed E-state index contributed by atoms with van der Waals surface area (Å²) in [7, 11) is 0. The Morgan fingerprint density at radius 1 is 1.00 bits per heavy atom. The van der Waals surface area contributed by atoms with Crippen molar-refractivity contribution >= 4 is 17.9 Å². The minimum atomic E-state index is -0.863. The molecule has 6 heteroatoms. The fourth-order valence-electron chi connectivity index (χ4n) is 9.00. The van der Waals surface area contributed by atoms with Crippen molar-refractivity contribution in [2.24, 2.45) is 33.0 Å². The number of carboxylic acids is 1. The molecule has 5 rings (SSSR count). The maximum atomic E-state index is 13.2. The van der Waals surface area contributed by atoms with E-state index < -0.39 is 17.5 Å². The van der Waals surface area contributed by atoms with Gasteiger partial charge in [-0.25, -0.2) is 4.79 Å². The van der Waals surface area contributed by atoms with Crippen LogP contribution in [0.2, 0.25) is 0 Å². The van der Waals surface area contributed by atoms with Gasteiger partial charge in [-0.2, -0.15) is 0 Å². The third-order valence-electron chi connectivity index (χ3n) is 11.8. The summed E-state index contributed by atoms with van der Waals surface area (Å²) in [5.41, 5.74) is 2.95. The maximum Gasteiger partial charge on any atom is 0.513 e. The number of aliphatic carboxylic acids is 1. The van der Waals surface area contributed by atoms with Crippen molar-refractivity contribution in [3.63, 3.8) is 0 Å². The SMILES string of the molecule is CCOC(=O)OC1=C(C)C2=CC=C3[C@@](C)(CC[C@@]4(C)[C@@H]5C[C@](C)(C(=O)O)CC[C@]5(C)CC[C@]34C)C2=CC1=O. The molecule has 0 spiro atoms. The number of ether oxygens (including phenoxy) is 2. The summed E-state index contributed by atoms with van der Waals surface area (Å²) in [6.07, 6.45) is 11.6. The molecule has 0 unspecified atom stereocenters. The van der Waals surface area contributed by atoms with Gasteiger partial charge in [-0.3, -0.25) is 9.59 Å². The molecule has 0 heterocycles. The molecule has 6 atom stereocenters. The van der Waals surface area contributed by atoms with E-state index in [4.69, 9.17) is 9.47 Å². The molecule has 6 nitrogen and oxygen atoms in total. The highest BCUT2D eigenvalue weighted by Gasteiger charge is 2.67. The summed E-state index contributed by atoms with van der Waals surface area (Å²) in [5, 5.41) is 10.1. The van der Waals surface area contributed by atoms with Gasteiger partial charge in [0, 0.05) is 11.0 Å². The number of hydrogen-bond acceptors (Lipinski definition) is 5. The summed E-state index contributed by atoms with van der Waals surface area (Å²) in [5.74, 6) is -0.624. The molecule has 38 heavy (non-hydrogen) atoms. The summed E-state index contributed by atoms with van der Waals surface area (Å²) in [4.78, 5) is 37.6. The molecule has 0 saturated heterocycles. The second-order valence-electron chi connectivity index (χ2n) is 13.7. The molecule has 1 N–H and O–H groups in total. The minimum absolute atomic E-state index is 0.0364. The first-order valence-electron chi connectivity index (χ1n) is 14.1. The van der Waals surface area contributed by atoms with Gasteiger partial charge in [-0.15, -0.1) is 0 Å². The van der Waals surface area contributed by atoms with Crippen molar-refractivity contribution in [1.29, 1.82) is 0 Å². The number of rotatable bonds is 3. The molecule has 206 valence electrons. The minimum Gasteiger partial charge on any atom is -0.481 e. The van der Waals surface area contributed by atoms with E-state index in [1.54, 1.807) is 13.0 Å². The molecule has 0 aromatic heterocycles. The largest absolute Gasteiger partial charge is 0.513 e. The predicted octanol–water partition coefficient (Wildman–Crippen LogP) is 7.31. The van der Waals surface area contributed by atoms with Crippen molar-refractivity contribution in [3.05, 3.63) is 46.3 Å². The highest BCUT2D eigenvalue weighted by Crippen LogP contribution is 2.75. The molecule has 0 aromatic rings. The topological polar surface area (TPSA) is 89.9 Å². The van der Waals surface area contributed by atoms with Gasteiger partial charge in [0.2, 0.25) is 5.78 Å². The summed E-state index contributed by atoms with van der Waals surface area (Å²) >= 11 is 0. The van der Waals surface area contributed by atoms with E-state index in [1.807, 2.05) is 13.8 Å². The number of ketones is 1. The Balaban J connectivity index is 1.58. The number of carboxylic acid groups (broad SMARTS) is 1. The maximum absolute atomic E-state index is 13.2. The van der Waals surface area contributed by atoms with Crippen LogP contribution < -0.4 is 0 Å². The van der Waals surface area contributed by atoms with Crippen molar-refractivity contribution in [1.82, 2.24) is 0 Å². The Labute approximate surface area is 226 Å². The molecule has 0 bridgehead atoms. The number of allylic oxidation sites excluding steroid dienone is 7. The smallest absolute Gasteiger partial charge is 0.481 e. The van der Waals surface area contributed by atoms with Crippen LogP contribution in [0.3, 0.4) is 0 Å². The zero-order valence-electron chi connectivity index (χ0n) is 24.0. The van der Waals surface area contributed by atoms with Crippen molar-refractivity contribution in [3.8, 4) is 0 Å². The van der Waals surface area contributed by atoms with Crippen LogP contribution >= 0.6 is 0 Å². The third kappa shape index (κ3) is 3.47. The van der Waals surface area contributed by atoms with Crippen LogP contribution in [0.5, 0.6) is 0 Å². The summed E-state index contributed by atoms with van der Waals surface area (Å²) in [6, 6.07) is 0. The highest BCUT2D eigenvalue weighted by molar-refractivity contribution is 6.08. The van der Waals surface area contributed by atoms with E-state index in [0.29, 0.717) is 17.9 Å². The van der Waals surface area contributed by atoms with Crippen molar-refractivity contribution in [2.45, 2.75) is 93.4 Å². The van der Waals surface area contributed by atoms with Crippen molar-refractivity contribution < 1.29 is 29.0 Å². The first-order valence-corrected chi connectivity index (χ1v) is 14.1. The molecular weight excluding hydrogens is 480 g/mol. The molecule has 0 aliphatic heterocycles. The van der Waals surface area contributed by atoms with E-state index in [0.717, 1.165) is 49.7 Å². The van der Waals surface area contributed by atoms with Crippen LogP contribution in [-0.4, -0.2) is 29.6 Å². The van der Waals surface area contributed by atoms with Crippen LogP contribution in [-0.2, 0) is 19.1 Å². The van der Waals surface area contributed by atoms with E-state index >= 15 is 0 Å². The van der Waals surface area contributed by atoms with E-state index in [1.165, 1.54) is 5.57 Å². The summed E-state index contributed by atoms with van der Waals surface area (Å²) in [6.45, 7) is 15.1. The first kappa shape index (κ1) is 27.0. The molecule has 3 saturated carbocycles. The summed E-state index contributed by atoms with van der Waals surface area (Å²) < 4.78 is 10.2. The fraction of sp³-hybridized carbons (Fsp3) is 0.656. The van der Waals surface area contributed by atoms with Gasteiger partial charge in [0.05, 0.1) is 12.0 Å². The standard InChI is InChI=1S/C32H42O6/c1-8-37-27(36)38-25-19(2)20-9-10-23-30(5,21(20)17-22(25)33)14-16-32(7)24-18-29(4,26(34)35)12-11-28(24,3)13-15-31(23,32)6/h9-10,17,24H,8,11-16,18H2,1-7H3,(H,34,35)/t24-,28-,29-,30+,31-,32+/m1/s1. The fourth-order valence-corrected chi connectivity index (χ4v) is 9.00. The van der Waals surface area contributed by atoms with E-state index in [-0.39, 0.29) is 39.8 Å². The van der Waals surface area contributed by atoms with Crippen LogP contribution in [0, 0.1) is 33.0 Å². The van der Waals surface area contributed by atoms with Gasteiger partial charge in [-0.05, 0) is 105 Å². The molecule has 3 fully saturated rings. The number of fused-ring (bicyclic) bond motifs is 7. The molecule has 5 aliphatic carbocycles. The van der Waals surface area contributed by atoms with E-state index in [9.17, 15) is 19.5 Å². The Bertz CT molecular complexity index is 1250. The van der Waals surface area contributed by atoms with Crippen LogP contribution in [0.1, 0.15) is 93.4 Å². The zero-order chi connectivity index (χ0) is 27.9. The van der Waals surface area contributed by atoms with Crippen LogP contribution in [0.4, 0.5) is 4.79 Å². The van der Waals surface area contributed by atoms with Crippen LogP contribution in [0.15, 0.2) is 46.3 Å². The molecule has 5 aliphatic rings. The number of carbonyl (C=O) groups is 3. The van der Waals surface area contributed by atoms with Gasteiger partial charge >= 0.3 is 12.1 Å². The third-order valence-corrected chi connectivity index (χ3v) is 11.8. The first-order chi connectivity index (χ1) is 17.7. The van der Waals surface area contributed by atoms with Crippen molar-refractivity contribution in [2.75, 3.05) is 6.61 Å². The molecule has 0 amide bonds. The Morgan fingerprint density at radius 2 is 1.68 bits per heavy atom. The average molecular weight is 523 g/mol. The van der Waals surface area contributed by atoms with Gasteiger partial charge in [0.1, 0.15) is 0 Å². The second kappa shape index (κ2) is 8.43. The lowest BCUT2D eigenvalue weighted by Crippen LogP contribution is -2.62. The second-order valence-corrected chi connectivity index (χ2v) is 13.7. The quantitative estimate of drug-likeness (QED) is 0.391. The van der Waals surface area contributed by atoms with Gasteiger partial charge < -0.3 is 14.6 Å². The molecule has 0 radical (unpaired) electrons. The lowest BCUT2D eigenvalue weighted by molar-refractivity contribution is -0.178. The molecule has 0 aromatic carbocycles. The Morgan fingerprint density at radius 3 is 2.34 bits per heavy atom. The Kier molecular flexibility index (Phi) is 5.98. The average Bonchev–Trinajstić information content (AvgIpc) is 2.85. The Hall–Kier alpha value is -2.63. The van der Waals surface area contributed by atoms with Gasteiger partial charge in [0.25, 0.3) is 0 Å².